The molecule has 2 heterocycles. The molecule has 166 valence electrons. The summed E-state index contributed by atoms with van der Waals surface area (Å²) in [5, 5.41) is 7.27. The SMILES string of the molecule is Cc1cc(-c2cnc(C(C)C)nc2C2CCC(CNC(=O)C3CC=CCC3)CC2)on1. The number of amides is 1. The van der Waals surface area contributed by atoms with Gasteiger partial charge in [-0.15, -0.1) is 0 Å². The summed E-state index contributed by atoms with van der Waals surface area (Å²) >= 11 is 0. The van der Waals surface area contributed by atoms with Crippen molar-refractivity contribution in [1.82, 2.24) is 20.4 Å². The van der Waals surface area contributed by atoms with Gasteiger partial charge in [-0.1, -0.05) is 31.2 Å². The molecule has 2 aliphatic rings. The third-order valence-electron chi connectivity index (χ3n) is 6.68. The van der Waals surface area contributed by atoms with Gasteiger partial charge in [-0.2, -0.15) is 0 Å². The van der Waals surface area contributed by atoms with Crippen molar-refractivity contribution in [2.45, 2.75) is 77.6 Å². The molecule has 0 aliphatic heterocycles. The highest BCUT2D eigenvalue weighted by Crippen LogP contribution is 2.39. The maximum atomic E-state index is 12.5. The Balaban J connectivity index is 1.40. The second-order valence-electron chi connectivity index (χ2n) is 9.46. The van der Waals surface area contributed by atoms with E-state index in [-0.39, 0.29) is 17.7 Å². The van der Waals surface area contributed by atoms with Crippen molar-refractivity contribution in [1.29, 1.82) is 0 Å². The summed E-state index contributed by atoms with van der Waals surface area (Å²) < 4.78 is 5.54. The Bertz CT molecular complexity index is 925. The molecule has 2 aromatic rings. The van der Waals surface area contributed by atoms with E-state index in [4.69, 9.17) is 9.51 Å². The Morgan fingerprint density at radius 1 is 1.19 bits per heavy atom. The lowest BCUT2D eigenvalue weighted by atomic mass is 9.79. The Labute approximate surface area is 184 Å². The number of aromatic nitrogens is 3. The summed E-state index contributed by atoms with van der Waals surface area (Å²) in [5.74, 6) is 3.23. The summed E-state index contributed by atoms with van der Waals surface area (Å²) in [4.78, 5) is 22.0. The number of aryl methyl sites for hydroxylation is 1. The predicted octanol–water partition coefficient (Wildman–Crippen LogP) is 5.31. The van der Waals surface area contributed by atoms with Gasteiger partial charge in [-0.3, -0.25) is 4.79 Å². The van der Waals surface area contributed by atoms with E-state index in [9.17, 15) is 4.79 Å². The minimum atomic E-state index is 0.157. The third kappa shape index (κ3) is 5.23. The van der Waals surface area contributed by atoms with Crippen molar-refractivity contribution in [2.24, 2.45) is 11.8 Å². The van der Waals surface area contributed by atoms with Crippen LogP contribution in [0.2, 0.25) is 0 Å². The van der Waals surface area contributed by atoms with Gasteiger partial charge in [-0.05, 0) is 57.8 Å². The number of carbonyl (C=O) groups excluding carboxylic acids is 1. The smallest absolute Gasteiger partial charge is 0.223 e. The van der Waals surface area contributed by atoms with Crippen molar-refractivity contribution >= 4 is 5.91 Å². The van der Waals surface area contributed by atoms with Gasteiger partial charge in [0.05, 0.1) is 17.0 Å². The van der Waals surface area contributed by atoms with Gasteiger partial charge in [0.15, 0.2) is 5.76 Å². The van der Waals surface area contributed by atoms with Gasteiger partial charge in [0, 0.05) is 36.6 Å². The molecular weight excluding hydrogens is 388 g/mol. The second kappa shape index (κ2) is 9.75. The van der Waals surface area contributed by atoms with Gasteiger partial charge in [0.2, 0.25) is 5.91 Å². The van der Waals surface area contributed by atoms with Crippen molar-refractivity contribution in [3.8, 4) is 11.3 Å². The third-order valence-corrected chi connectivity index (χ3v) is 6.68. The van der Waals surface area contributed by atoms with Crippen LogP contribution in [0.15, 0.2) is 28.9 Å². The number of hydrogen-bond acceptors (Lipinski definition) is 5. The number of carbonyl (C=O) groups is 1. The van der Waals surface area contributed by atoms with Crippen LogP contribution in [0.4, 0.5) is 0 Å². The fourth-order valence-electron chi connectivity index (χ4n) is 4.74. The van der Waals surface area contributed by atoms with Crippen LogP contribution in [0.1, 0.15) is 87.8 Å². The van der Waals surface area contributed by atoms with Crippen molar-refractivity contribution in [2.75, 3.05) is 6.54 Å². The molecule has 31 heavy (non-hydrogen) atoms. The Kier molecular flexibility index (Phi) is 6.83. The van der Waals surface area contributed by atoms with E-state index in [0.717, 1.165) is 80.0 Å². The van der Waals surface area contributed by atoms with Crippen LogP contribution in [-0.2, 0) is 4.79 Å². The first-order valence-corrected chi connectivity index (χ1v) is 11.7. The Morgan fingerprint density at radius 3 is 2.65 bits per heavy atom. The molecule has 1 fully saturated rings. The molecule has 1 atom stereocenters. The number of allylic oxidation sites excluding steroid dienone is 2. The zero-order chi connectivity index (χ0) is 21.8. The fraction of sp³-hybridized carbons (Fsp3) is 0.600. The highest BCUT2D eigenvalue weighted by atomic mass is 16.5. The standard InChI is InChI=1S/C25H34N4O2/c1-16(2)24-26-15-21(22-13-17(3)29-31-22)23(28-24)19-11-9-18(10-12-19)14-27-25(30)20-7-5-4-6-8-20/h4-5,13,15-16,18-20H,6-12,14H2,1-3H3,(H,27,30). The summed E-state index contributed by atoms with van der Waals surface area (Å²) in [6.07, 6.45) is 13.5. The summed E-state index contributed by atoms with van der Waals surface area (Å²) in [5.41, 5.74) is 2.92. The number of nitrogens with zero attached hydrogens (tertiary/aromatic N) is 3. The van der Waals surface area contributed by atoms with Crippen molar-refractivity contribution < 1.29 is 9.32 Å². The van der Waals surface area contributed by atoms with E-state index in [1.807, 2.05) is 19.2 Å². The normalized spacial score (nSPS) is 23.8. The highest BCUT2D eigenvalue weighted by Gasteiger charge is 2.28. The van der Waals surface area contributed by atoms with Crippen LogP contribution in [0.5, 0.6) is 0 Å². The maximum absolute atomic E-state index is 12.5. The second-order valence-corrected chi connectivity index (χ2v) is 9.46. The van der Waals surface area contributed by atoms with Crippen LogP contribution in [0.25, 0.3) is 11.3 Å². The molecule has 0 saturated heterocycles. The first kappa shape index (κ1) is 21.7. The topological polar surface area (TPSA) is 80.9 Å². The lowest BCUT2D eigenvalue weighted by Crippen LogP contribution is -2.35. The minimum Gasteiger partial charge on any atom is -0.356 e. The number of rotatable bonds is 6. The number of hydrogen-bond donors (Lipinski definition) is 1. The van der Waals surface area contributed by atoms with Crippen molar-refractivity contribution in [3.05, 3.63) is 41.6 Å². The average molecular weight is 423 g/mol. The summed E-state index contributed by atoms with van der Waals surface area (Å²) in [7, 11) is 0. The fourth-order valence-corrected chi connectivity index (χ4v) is 4.74. The molecule has 2 aliphatic carbocycles. The van der Waals surface area contributed by atoms with Crippen molar-refractivity contribution in [3.63, 3.8) is 0 Å². The quantitative estimate of drug-likeness (QED) is 0.638. The summed E-state index contributed by atoms with van der Waals surface area (Å²) in [6.45, 7) is 6.97. The van der Waals surface area contributed by atoms with Crippen LogP contribution in [-0.4, -0.2) is 27.6 Å². The highest BCUT2D eigenvalue weighted by molar-refractivity contribution is 5.78. The zero-order valence-corrected chi connectivity index (χ0v) is 18.9. The minimum absolute atomic E-state index is 0.157. The van der Waals surface area contributed by atoms with E-state index < -0.39 is 0 Å². The van der Waals surface area contributed by atoms with E-state index in [0.29, 0.717) is 11.8 Å². The molecule has 6 heteroatoms. The van der Waals surface area contributed by atoms with E-state index >= 15 is 0 Å². The molecule has 1 amide bonds. The first-order chi connectivity index (χ1) is 15.0. The molecule has 1 unspecified atom stereocenters. The molecule has 0 bridgehead atoms. The lowest BCUT2D eigenvalue weighted by molar-refractivity contribution is -0.125. The molecule has 0 radical (unpaired) electrons. The van der Waals surface area contributed by atoms with Gasteiger partial charge in [-0.25, -0.2) is 9.97 Å². The molecule has 2 aromatic heterocycles. The van der Waals surface area contributed by atoms with E-state index in [1.165, 1.54) is 0 Å². The molecule has 1 N–H and O–H groups in total. The summed E-state index contributed by atoms with van der Waals surface area (Å²) in [6, 6.07) is 1.96. The maximum Gasteiger partial charge on any atom is 0.223 e. The lowest BCUT2D eigenvalue weighted by Gasteiger charge is -2.30. The van der Waals surface area contributed by atoms with E-state index in [1.54, 1.807) is 0 Å². The zero-order valence-electron chi connectivity index (χ0n) is 18.9. The van der Waals surface area contributed by atoms with Crippen LogP contribution in [0.3, 0.4) is 0 Å². The average Bonchev–Trinajstić information content (AvgIpc) is 3.24. The first-order valence-electron chi connectivity index (χ1n) is 11.7. The molecular formula is C25H34N4O2. The van der Waals surface area contributed by atoms with E-state index in [2.05, 4.69) is 41.5 Å². The van der Waals surface area contributed by atoms with Crippen LogP contribution >= 0.6 is 0 Å². The van der Waals surface area contributed by atoms with Gasteiger partial charge < -0.3 is 9.84 Å². The molecule has 6 nitrogen and oxygen atoms in total. The molecule has 0 aromatic carbocycles. The predicted molar refractivity (Wildman–Crippen MR) is 121 cm³/mol. The van der Waals surface area contributed by atoms with Gasteiger partial charge in [0.25, 0.3) is 0 Å². The number of nitrogens with one attached hydrogen (secondary N) is 1. The van der Waals surface area contributed by atoms with Gasteiger partial charge >= 0.3 is 0 Å². The van der Waals surface area contributed by atoms with Crippen LogP contribution in [0, 0.1) is 18.8 Å². The monoisotopic (exact) mass is 422 g/mol. The largest absolute Gasteiger partial charge is 0.356 e. The molecule has 4 rings (SSSR count). The van der Waals surface area contributed by atoms with Gasteiger partial charge in [0.1, 0.15) is 5.82 Å². The van der Waals surface area contributed by atoms with Crippen LogP contribution < -0.4 is 5.32 Å². The molecule has 1 saturated carbocycles. The molecule has 0 spiro atoms. The Hall–Kier alpha value is -2.50. The Morgan fingerprint density at radius 2 is 2.00 bits per heavy atom.